The molecule has 3 N–H and O–H groups in total. The fraction of sp³-hybridized carbons (Fsp3) is 0.800. The van der Waals surface area contributed by atoms with E-state index in [0.717, 1.165) is 12.8 Å². The van der Waals surface area contributed by atoms with Crippen LogP contribution >= 0.6 is 0 Å². The van der Waals surface area contributed by atoms with Gasteiger partial charge in [0.2, 0.25) is 11.8 Å². The van der Waals surface area contributed by atoms with E-state index in [4.69, 9.17) is 5.73 Å². The summed E-state index contributed by atoms with van der Waals surface area (Å²) in [5.74, 6) is -0.404. The summed E-state index contributed by atoms with van der Waals surface area (Å²) in [5.41, 5.74) is 4.60. The number of primary amides is 1. The van der Waals surface area contributed by atoms with Gasteiger partial charge < -0.3 is 11.1 Å². The molecule has 0 radical (unpaired) electrons. The molecule has 0 fully saturated rings. The van der Waals surface area contributed by atoms with Gasteiger partial charge in [-0.3, -0.25) is 9.59 Å². The third kappa shape index (κ3) is 4.84. The summed E-state index contributed by atoms with van der Waals surface area (Å²) in [6.07, 6.45) is 2.01. The number of rotatable bonds is 6. The maximum absolute atomic E-state index is 11.6. The predicted molar refractivity (Wildman–Crippen MR) is 55.5 cm³/mol. The van der Waals surface area contributed by atoms with Crippen molar-refractivity contribution in [3.63, 3.8) is 0 Å². The number of amides is 2. The first kappa shape index (κ1) is 12.9. The van der Waals surface area contributed by atoms with Gasteiger partial charge in [-0.2, -0.15) is 0 Å². The molecule has 4 nitrogen and oxygen atoms in total. The van der Waals surface area contributed by atoms with E-state index in [0.29, 0.717) is 6.54 Å². The first-order valence-electron chi connectivity index (χ1n) is 4.96. The van der Waals surface area contributed by atoms with E-state index in [1.807, 2.05) is 20.8 Å². The minimum absolute atomic E-state index is 0.0133. The molecular weight excluding hydrogens is 180 g/mol. The highest BCUT2D eigenvalue weighted by Crippen LogP contribution is 2.21. The largest absolute Gasteiger partial charge is 0.370 e. The van der Waals surface area contributed by atoms with Crippen molar-refractivity contribution >= 4 is 11.8 Å². The summed E-state index contributed by atoms with van der Waals surface area (Å²) in [7, 11) is 0. The second-order valence-corrected chi connectivity index (χ2v) is 4.11. The van der Waals surface area contributed by atoms with E-state index in [2.05, 4.69) is 5.32 Å². The summed E-state index contributed by atoms with van der Waals surface area (Å²) in [6.45, 7) is 6.17. The van der Waals surface area contributed by atoms with Crippen LogP contribution in [0.4, 0.5) is 0 Å². The molecular formula is C10H20N2O2. The number of carbonyl (C=O) groups is 2. The number of carbonyl (C=O) groups excluding carboxylic acids is 2. The summed E-state index contributed by atoms with van der Waals surface area (Å²) in [4.78, 5) is 22.0. The minimum atomic E-state index is -0.390. The SMILES string of the molecule is CCCC(C)(C)C(=O)NCCC(N)=O. The van der Waals surface area contributed by atoms with Crippen molar-refractivity contribution in [3.8, 4) is 0 Å². The van der Waals surface area contributed by atoms with Crippen LogP contribution in [0.15, 0.2) is 0 Å². The Morgan fingerprint density at radius 1 is 1.36 bits per heavy atom. The smallest absolute Gasteiger partial charge is 0.225 e. The van der Waals surface area contributed by atoms with Crippen LogP contribution in [0.1, 0.15) is 40.0 Å². The Labute approximate surface area is 85.2 Å². The predicted octanol–water partition coefficient (Wildman–Crippen LogP) is 0.804. The summed E-state index contributed by atoms with van der Waals surface area (Å²) in [5, 5.41) is 2.70. The number of nitrogens with one attached hydrogen (secondary N) is 1. The Morgan fingerprint density at radius 2 is 1.93 bits per heavy atom. The monoisotopic (exact) mass is 200 g/mol. The highest BCUT2D eigenvalue weighted by atomic mass is 16.2. The molecule has 0 spiro atoms. The topological polar surface area (TPSA) is 72.2 Å². The quantitative estimate of drug-likeness (QED) is 0.665. The Kier molecular flexibility index (Phi) is 5.20. The fourth-order valence-corrected chi connectivity index (χ4v) is 1.28. The molecule has 0 bridgehead atoms. The molecule has 0 aliphatic carbocycles. The van der Waals surface area contributed by atoms with Crippen LogP contribution in [0.2, 0.25) is 0 Å². The molecule has 0 rings (SSSR count). The molecule has 0 saturated carbocycles. The lowest BCUT2D eigenvalue weighted by Gasteiger charge is -2.22. The van der Waals surface area contributed by atoms with E-state index in [1.165, 1.54) is 0 Å². The zero-order chi connectivity index (χ0) is 11.2. The first-order chi connectivity index (χ1) is 6.40. The molecule has 0 unspecified atom stereocenters. The second kappa shape index (κ2) is 5.62. The Bertz CT molecular complexity index is 212. The Hall–Kier alpha value is -1.06. The van der Waals surface area contributed by atoms with Gasteiger partial charge in [0, 0.05) is 18.4 Å². The fourth-order valence-electron chi connectivity index (χ4n) is 1.28. The normalized spacial score (nSPS) is 11.1. The minimum Gasteiger partial charge on any atom is -0.370 e. The number of hydrogen-bond acceptors (Lipinski definition) is 2. The maximum Gasteiger partial charge on any atom is 0.225 e. The molecule has 2 amide bonds. The van der Waals surface area contributed by atoms with Crippen LogP contribution in [0.5, 0.6) is 0 Å². The lowest BCUT2D eigenvalue weighted by Crippen LogP contribution is -2.38. The van der Waals surface area contributed by atoms with Crippen LogP contribution in [0, 0.1) is 5.41 Å². The average Bonchev–Trinajstić information content (AvgIpc) is 2.03. The standard InChI is InChI=1S/C10H20N2O2/c1-4-6-10(2,3)9(14)12-7-5-8(11)13/h4-7H2,1-3H3,(H2,11,13)(H,12,14). The van der Waals surface area contributed by atoms with Crippen molar-refractivity contribution in [2.75, 3.05) is 6.54 Å². The van der Waals surface area contributed by atoms with Gasteiger partial charge in [0.15, 0.2) is 0 Å². The van der Waals surface area contributed by atoms with Crippen molar-refractivity contribution in [1.82, 2.24) is 5.32 Å². The van der Waals surface area contributed by atoms with Crippen molar-refractivity contribution in [3.05, 3.63) is 0 Å². The van der Waals surface area contributed by atoms with Crippen LogP contribution in [-0.4, -0.2) is 18.4 Å². The van der Waals surface area contributed by atoms with Crippen LogP contribution in [0.25, 0.3) is 0 Å². The Balaban J connectivity index is 3.88. The molecule has 0 aromatic rings. The molecule has 14 heavy (non-hydrogen) atoms. The van der Waals surface area contributed by atoms with Gasteiger partial charge in [-0.15, -0.1) is 0 Å². The first-order valence-corrected chi connectivity index (χ1v) is 4.96. The third-order valence-corrected chi connectivity index (χ3v) is 2.15. The molecule has 0 atom stereocenters. The van der Waals surface area contributed by atoms with E-state index < -0.39 is 5.91 Å². The average molecular weight is 200 g/mol. The molecule has 0 aromatic carbocycles. The highest BCUT2D eigenvalue weighted by molar-refractivity contribution is 5.82. The van der Waals surface area contributed by atoms with Gasteiger partial charge in [0.05, 0.1) is 0 Å². The molecule has 0 saturated heterocycles. The zero-order valence-corrected chi connectivity index (χ0v) is 9.22. The lowest BCUT2D eigenvalue weighted by molar-refractivity contribution is -0.129. The van der Waals surface area contributed by atoms with Crippen molar-refractivity contribution in [1.29, 1.82) is 0 Å². The zero-order valence-electron chi connectivity index (χ0n) is 9.22. The molecule has 0 aliphatic rings. The van der Waals surface area contributed by atoms with Crippen LogP contribution in [-0.2, 0) is 9.59 Å². The molecule has 0 aromatic heterocycles. The van der Waals surface area contributed by atoms with Crippen molar-refractivity contribution < 1.29 is 9.59 Å². The maximum atomic E-state index is 11.6. The highest BCUT2D eigenvalue weighted by Gasteiger charge is 2.25. The van der Waals surface area contributed by atoms with Crippen molar-refractivity contribution in [2.24, 2.45) is 11.1 Å². The summed E-state index contributed by atoms with van der Waals surface area (Å²) >= 11 is 0. The summed E-state index contributed by atoms with van der Waals surface area (Å²) < 4.78 is 0. The number of hydrogen-bond donors (Lipinski definition) is 2. The number of nitrogens with two attached hydrogens (primary N) is 1. The van der Waals surface area contributed by atoms with Gasteiger partial charge in [-0.05, 0) is 6.42 Å². The van der Waals surface area contributed by atoms with E-state index in [-0.39, 0.29) is 17.7 Å². The van der Waals surface area contributed by atoms with Crippen LogP contribution in [0.3, 0.4) is 0 Å². The van der Waals surface area contributed by atoms with Gasteiger partial charge in [-0.1, -0.05) is 27.2 Å². The molecule has 0 aliphatic heterocycles. The molecule has 0 heterocycles. The molecule has 82 valence electrons. The third-order valence-electron chi connectivity index (χ3n) is 2.15. The summed E-state index contributed by atoms with van der Waals surface area (Å²) in [6, 6.07) is 0. The lowest BCUT2D eigenvalue weighted by atomic mass is 9.87. The molecule has 4 heteroatoms. The van der Waals surface area contributed by atoms with Crippen molar-refractivity contribution in [2.45, 2.75) is 40.0 Å². The Morgan fingerprint density at radius 3 is 2.36 bits per heavy atom. The van der Waals surface area contributed by atoms with E-state index >= 15 is 0 Å². The second-order valence-electron chi connectivity index (χ2n) is 4.11. The van der Waals surface area contributed by atoms with Gasteiger partial charge >= 0.3 is 0 Å². The van der Waals surface area contributed by atoms with Gasteiger partial charge in [-0.25, -0.2) is 0 Å². The van der Waals surface area contributed by atoms with E-state index in [9.17, 15) is 9.59 Å². The van der Waals surface area contributed by atoms with Crippen LogP contribution < -0.4 is 11.1 Å². The van der Waals surface area contributed by atoms with Gasteiger partial charge in [0.1, 0.15) is 0 Å². The van der Waals surface area contributed by atoms with E-state index in [1.54, 1.807) is 0 Å². The van der Waals surface area contributed by atoms with Gasteiger partial charge in [0.25, 0.3) is 0 Å².